The monoisotopic (exact) mass is 216 g/mol. The van der Waals surface area contributed by atoms with Crippen LogP contribution in [0, 0.1) is 0 Å². The van der Waals surface area contributed by atoms with Crippen LogP contribution in [0.15, 0.2) is 41.8 Å². The highest BCUT2D eigenvalue weighted by atomic mass is 16.5. The normalized spacial score (nSPS) is 16.4. The third-order valence-electron chi connectivity index (χ3n) is 2.46. The van der Waals surface area contributed by atoms with Crippen LogP contribution in [0.25, 0.3) is 0 Å². The van der Waals surface area contributed by atoms with Gasteiger partial charge in [0.1, 0.15) is 13.2 Å². The van der Waals surface area contributed by atoms with Crippen molar-refractivity contribution in [1.29, 1.82) is 0 Å². The van der Waals surface area contributed by atoms with Gasteiger partial charge in [0.2, 0.25) is 12.0 Å². The molecule has 16 heavy (non-hydrogen) atoms. The maximum atomic E-state index is 10.8. The molecule has 0 N–H and O–H groups in total. The summed E-state index contributed by atoms with van der Waals surface area (Å²) >= 11 is 0. The van der Waals surface area contributed by atoms with E-state index in [1.54, 1.807) is 0 Å². The van der Waals surface area contributed by atoms with Crippen LogP contribution in [0.2, 0.25) is 0 Å². The number of rotatable bonds is 5. The number of carbonyl (C=O) groups is 1. The van der Waals surface area contributed by atoms with Gasteiger partial charge in [0.05, 0.1) is 0 Å². The minimum atomic E-state index is 0.422. The molecule has 0 amide bonds. The molecule has 82 valence electrons. The summed E-state index contributed by atoms with van der Waals surface area (Å²) in [5.41, 5.74) is 1.96. The number of carbonyl (C=O) groups excluding carboxylic acids is 1. The number of aldehydes is 1. The number of ether oxygens (including phenoxy) is 1. The van der Waals surface area contributed by atoms with Crippen LogP contribution in [0.3, 0.4) is 0 Å². The van der Waals surface area contributed by atoms with Crippen molar-refractivity contribution in [2.45, 2.75) is 13.5 Å². The van der Waals surface area contributed by atoms with E-state index in [2.05, 4.69) is 0 Å². The SMILES string of the molecule is CC[N+]1=CC/1=C(\C=O)OCc1ccccc1. The van der Waals surface area contributed by atoms with Crippen LogP contribution < -0.4 is 0 Å². The first-order chi connectivity index (χ1) is 7.85. The van der Waals surface area contributed by atoms with Crippen molar-refractivity contribution in [3.05, 3.63) is 47.4 Å². The minimum Gasteiger partial charge on any atom is -0.480 e. The number of hydrogen-bond donors (Lipinski definition) is 0. The van der Waals surface area contributed by atoms with E-state index in [4.69, 9.17) is 4.74 Å². The zero-order chi connectivity index (χ0) is 11.4. The Morgan fingerprint density at radius 2 is 2.12 bits per heavy atom. The fraction of sp³-hybridized carbons (Fsp3) is 0.231. The lowest BCUT2D eigenvalue weighted by molar-refractivity contribution is -0.401. The predicted octanol–water partition coefficient (Wildman–Crippen LogP) is 1.73. The van der Waals surface area contributed by atoms with Crippen molar-refractivity contribution in [2.24, 2.45) is 0 Å². The van der Waals surface area contributed by atoms with Crippen molar-refractivity contribution in [1.82, 2.24) is 0 Å². The lowest BCUT2D eigenvalue weighted by Gasteiger charge is -2.02. The van der Waals surface area contributed by atoms with Crippen molar-refractivity contribution in [3.8, 4) is 0 Å². The summed E-state index contributed by atoms with van der Waals surface area (Å²) in [5, 5.41) is 0. The molecule has 2 rings (SSSR count). The molecule has 0 bridgehead atoms. The number of benzene rings is 1. The molecule has 0 fully saturated rings. The average molecular weight is 216 g/mol. The van der Waals surface area contributed by atoms with Gasteiger partial charge in [-0.05, 0) is 12.5 Å². The van der Waals surface area contributed by atoms with Gasteiger partial charge in [-0.25, -0.2) is 0 Å². The largest absolute Gasteiger partial charge is 0.480 e. The molecule has 1 aliphatic heterocycles. The second-order valence-electron chi connectivity index (χ2n) is 3.56. The van der Waals surface area contributed by atoms with E-state index in [0.29, 0.717) is 12.4 Å². The van der Waals surface area contributed by atoms with Gasteiger partial charge in [-0.15, -0.1) is 0 Å². The van der Waals surface area contributed by atoms with Crippen LogP contribution in [0.5, 0.6) is 0 Å². The Morgan fingerprint density at radius 1 is 1.38 bits per heavy atom. The molecule has 0 saturated heterocycles. The molecule has 0 radical (unpaired) electrons. The van der Waals surface area contributed by atoms with Crippen LogP contribution in [0.4, 0.5) is 0 Å². The molecule has 0 aliphatic carbocycles. The average Bonchev–Trinajstić information content (AvgIpc) is 3.11. The molecular formula is C13H14NO2+. The van der Waals surface area contributed by atoms with Gasteiger partial charge in [-0.3, -0.25) is 4.79 Å². The van der Waals surface area contributed by atoms with E-state index in [1.807, 2.05) is 48.0 Å². The molecule has 0 saturated carbocycles. The van der Waals surface area contributed by atoms with Gasteiger partial charge in [-0.2, -0.15) is 4.58 Å². The maximum Gasteiger partial charge on any atom is 0.315 e. The summed E-state index contributed by atoms with van der Waals surface area (Å²) in [5.74, 6) is 0.422. The highest BCUT2D eigenvalue weighted by molar-refractivity contribution is 5.89. The molecule has 1 aromatic carbocycles. The minimum absolute atomic E-state index is 0.422. The lowest BCUT2D eigenvalue weighted by atomic mass is 10.2. The van der Waals surface area contributed by atoms with Crippen LogP contribution in [0.1, 0.15) is 12.5 Å². The Balaban J connectivity index is 1.95. The van der Waals surface area contributed by atoms with Crippen LogP contribution in [-0.2, 0) is 16.1 Å². The topological polar surface area (TPSA) is 29.3 Å². The highest BCUT2D eigenvalue weighted by Crippen LogP contribution is 2.15. The first-order valence-corrected chi connectivity index (χ1v) is 5.33. The molecule has 0 spiro atoms. The van der Waals surface area contributed by atoms with E-state index in [-0.39, 0.29) is 0 Å². The second-order valence-corrected chi connectivity index (χ2v) is 3.56. The Morgan fingerprint density at radius 3 is 2.69 bits per heavy atom. The molecule has 1 aromatic rings. The third kappa shape index (κ3) is 2.37. The second kappa shape index (κ2) is 4.75. The molecule has 0 unspecified atom stereocenters. The summed E-state index contributed by atoms with van der Waals surface area (Å²) < 4.78 is 7.45. The number of allylic oxidation sites excluding steroid dienone is 2. The van der Waals surface area contributed by atoms with Gasteiger partial charge in [-0.1, -0.05) is 30.3 Å². The first kappa shape index (κ1) is 10.6. The smallest absolute Gasteiger partial charge is 0.315 e. The summed E-state index contributed by atoms with van der Waals surface area (Å²) in [6, 6.07) is 9.81. The molecule has 0 aromatic heterocycles. The highest BCUT2D eigenvalue weighted by Gasteiger charge is 2.32. The van der Waals surface area contributed by atoms with E-state index in [0.717, 1.165) is 24.1 Å². The van der Waals surface area contributed by atoms with Gasteiger partial charge >= 0.3 is 5.70 Å². The lowest BCUT2D eigenvalue weighted by Crippen LogP contribution is -1.98. The predicted molar refractivity (Wildman–Crippen MR) is 61.2 cm³/mol. The van der Waals surface area contributed by atoms with Gasteiger partial charge in [0.25, 0.3) is 0 Å². The Hall–Kier alpha value is -1.90. The molecule has 3 heteroatoms. The van der Waals surface area contributed by atoms with Crippen LogP contribution >= 0.6 is 0 Å². The van der Waals surface area contributed by atoms with Crippen molar-refractivity contribution in [3.63, 3.8) is 0 Å². The molecule has 3 nitrogen and oxygen atoms in total. The van der Waals surface area contributed by atoms with E-state index in [9.17, 15) is 4.79 Å². The number of nitrogens with zero attached hydrogens (tertiary/aromatic N) is 1. The fourth-order valence-corrected chi connectivity index (χ4v) is 1.49. The molecule has 0 atom stereocenters. The Bertz CT molecular complexity index is 446. The third-order valence-corrected chi connectivity index (χ3v) is 2.46. The molecule has 1 heterocycles. The summed E-state index contributed by atoms with van der Waals surface area (Å²) in [7, 11) is 0. The quantitative estimate of drug-likeness (QED) is 0.324. The first-order valence-electron chi connectivity index (χ1n) is 5.33. The standard InChI is InChI=1S/C13H14NO2/c1-2-14-8-12(14)13(9-15)16-10-11-6-4-3-5-7-11/h3-9H,2,10H2,1H3/q+1/b13-12-. The van der Waals surface area contributed by atoms with Crippen molar-refractivity contribution in [2.75, 3.05) is 6.54 Å². The fourth-order valence-electron chi connectivity index (χ4n) is 1.49. The summed E-state index contributed by atoms with van der Waals surface area (Å²) in [4.78, 5) is 10.8. The van der Waals surface area contributed by atoms with Crippen molar-refractivity contribution < 1.29 is 14.1 Å². The number of hydrogen-bond acceptors (Lipinski definition) is 2. The zero-order valence-corrected chi connectivity index (χ0v) is 9.22. The Kier molecular flexibility index (Phi) is 3.15. The van der Waals surface area contributed by atoms with Gasteiger partial charge in [0.15, 0.2) is 6.29 Å². The van der Waals surface area contributed by atoms with Crippen LogP contribution in [-0.4, -0.2) is 23.6 Å². The summed E-state index contributed by atoms with van der Waals surface area (Å²) in [6.07, 6.45) is 2.68. The Labute approximate surface area is 94.7 Å². The van der Waals surface area contributed by atoms with Gasteiger partial charge in [0, 0.05) is 0 Å². The van der Waals surface area contributed by atoms with E-state index in [1.165, 1.54) is 0 Å². The summed E-state index contributed by atoms with van der Waals surface area (Å²) in [6.45, 7) is 3.34. The van der Waals surface area contributed by atoms with E-state index < -0.39 is 0 Å². The molecular weight excluding hydrogens is 202 g/mol. The van der Waals surface area contributed by atoms with Gasteiger partial charge < -0.3 is 4.74 Å². The van der Waals surface area contributed by atoms with Crippen molar-refractivity contribution >= 4 is 12.5 Å². The zero-order valence-electron chi connectivity index (χ0n) is 9.22. The molecule has 1 aliphatic rings. The maximum absolute atomic E-state index is 10.8. The van der Waals surface area contributed by atoms with E-state index >= 15 is 0 Å².